The first kappa shape index (κ1) is 13.7. The molecule has 0 bridgehead atoms. The van der Waals surface area contributed by atoms with Gasteiger partial charge in [-0.3, -0.25) is 9.78 Å². The van der Waals surface area contributed by atoms with Crippen LogP contribution >= 0.6 is 0 Å². The lowest BCUT2D eigenvalue weighted by molar-refractivity contribution is 0.0796. The van der Waals surface area contributed by atoms with Crippen LogP contribution in [0.15, 0.2) is 42.7 Å². The van der Waals surface area contributed by atoms with E-state index in [1.54, 1.807) is 24.2 Å². The lowest BCUT2D eigenvalue weighted by atomic mass is 10.2. The van der Waals surface area contributed by atoms with E-state index in [2.05, 4.69) is 9.97 Å². The third kappa shape index (κ3) is 3.39. The molecule has 0 aromatic carbocycles. The Morgan fingerprint density at radius 3 is 2.85 bits per heavy atom. The molecule has 2 aromatic heterocycles. The number of rotatable bonds is 4. The SMILES string of the molecule is CN(CCc1ccccn1)C(=O)c1ccnc(C#N)c1. The van der Waals surface area contributed by atoms with E-state index >= 15 is 0 Å². The first-order chi connectivity index (χ1) is 9.70. The summed E-state index contributed by atoms with van der Waals surface area (Å²) in [6.07, 6.45) is 3.90. The van der Waals surface area contributed by atoms with Gasteiger partial charge in [0.05, 0.1) is 0 Å². The van der Waals surface area contributed by atoms with Crippen LogP contribution in [0.3, 0.4) is 0 Å². The molecule has 0 aliphatic heterocycles. The Kier molecular flexibility index (Phi) is 4.40. The summed E-state index contributed by atoms with van der Waals surface area (Å²) in [6, 6.07) is 10.8. The molecule has 0 saturated heterocycles. The Morgan fingerprint density at radius 2 is 2.15 bits per heavy atom. The molecule has 100 valence electrons. The standard InChI is InChI=1S/C15H14N4O/c1-19(9-6-13-4-2-3-7-17-13)15(20)12-5-8-18-14(10-12)11-16/h2-5,7-8,10H,6,9H2,1H3. The molecule has 2 heterocycles. The van der Waals surface area contributed by atoms with Crippen LogP contribution in [-0.4, -0.2) is 34.4 Å². The minimum absolute atomic E-state index is 0.125. The average Bonchev–Trinajstić information content (AvgIpc) is 2.53. The number of hydrogen-bond acceptors (Lipinski definition) is 4. The minimum atomic E-state index is -0.125. The van der Waals surface area contributed by atoms with Gasteiger partial charge in [-0.05, 0) is 24.3 Å². The van der Waals surface area contributed by atoms with Crippen molar-refractivity contribution in [2.75, 3.05) is 13.6 Å². The molecule has 0 unspecified atom stereocenters. The molecule has 5 nitrogen and oxygen atoms in total. The van der Waals surface area contributed by atoms with Gasteiger partial charge >= 0.3 is 0 Å². The van der Waals surface area contributed by atoms with Gasteiger partial charge in [0.15, 0.2) is 0 Å². The van der Waals surface area contributed by atoms with Crippen LogP contribution in [0.25, 0.3) is 0 Å². The highest BCUT2D eigenvalue weighted by molar-refractivity contribution is 5.94. The number of hydrogen-bond donors (Lipinski definition) is 0. The van der Waals surface area contributed by atoms with E-state index in [1.165, 1.54) is 12.3 Å². The number of pyridine rings is 2. The summed E-state index contributed by atoms with van der Waals surface area (Å²) in [5, 5.41) is 8.79. The normalized spacial score (nSPS) is 9.80. The zero-order chi connectivity index (χ0) is 14.4. The van der Waals surface area contributed by atoms with Gasteiger partial charge in [0.25, 0.3) is 5.91 Å². The summed E-state index contributed by atoms with van der Waals surface area (Å²) in [4.78, 5) is 21.9. The Bertz CT molecular complexity index is 634. The summed E-state index contributed by atoms with van der Waals surface area (Å²) in [5.74, 6) is -0.125. The number of likely N-dealkylation sites (N-methyl/N-ethyl adjacent to an activating group) is 1. The van der Waals surface area contributed by atoms with E-state index in [9.17, 15) is 4.79 Å². The molecule has 0 N–H and O–H groups in total. The van der Waals surface area contributed by atoms with E-state index in [0.717, 1.165) is 5.69 Å². The monoisotopic (exact) mass is 266 g/mol. The van der Waals surface area contributed by atoms with Crippen LogP contribution in [0.4, 0.5) is 0 Å². The van der Waals surface area contributed by atoms with Gasteiger partial charge in [-0.1, -0.05) is 6.07 Å². The number of carbonyl (C=O) groups excluding carboxylic acids is 1. The lowest BCUT2D eigenvalue weighted by Gasteiger charge is -2.16. The van der Waals surface area contributed by atoms with E-state index in [0.29, 0.717) is 18.5 Å². The average molecular weight is 266 g/mol. The van der Waals surface area contributed by atoms with Gasteiger partial charge in [-0.2, -0.15) is 5.26 Å². The summed E-state index contributed by atoms with van der Waals surface area (Å²) in [6.45, 7) is 0.570. The number of nitrogens with zero attached hydrogens (tertiary/aromatic N) is 4. The highest BCUT2D eigenvalue weighted by Crippen LogP contribution is 2.06. The fourth-order valence-corrected chi connectivity index (χ4v) is 1.77. The van der Waals surface area contributed by atoms with Crippen LogP contribution < -0.4 is 0 Å². The third-order valence-electron chi connectivity index (χ3n) is 2.90. The molecule has 0 aliphatic rings. The van der Waals surface area contributed by atoms with Crippen molar-refractivity contribution in [1.29, 1.82) is 5.26 Å². The second-order valence-corrected chi connectivity index (χ2v) is 4.34. The Hall–Kier alpha value is -2.74. The molecular formula is C15H14N4O. The van der Waals surface area contributed by atoms with Crippen LogP contribution in [0.5, 0.6) is 0 Å². The zero-order valence-corrected chi connectivity index (χ0v) is 11.2. The Labute approximate surface area is 117 Å². The second kappa shape index (κ2) is 6.43. The number of amides is 1. The highest BCUT2D eigenvalue weighted by Gasteiger charge is 2.12. The fourth-order valence-electron chi connectivity index (χ4n) is 1.77. The molecule has 20 heavy (non-hydrogen) atoms. The lowest BCUT2D eigenvalue weighted by Crippen LogP contribution is -2.29. The number of nitriles is 1. The fraction of sp³-hybridized carbons (Fsp3) is 0.200. The van der Waals surface area contributed by atoms with Gasteiger partial charge < -0.3 is 4.90 Å². The van der Waals surface area contributed by atoms with Gasteiger partial charge in [0.1, 0.15) is 11.8 Å². The summed E-state index contributed by atoms with van der Waals surface area (Å²) in [7, 11) is 1.73. The van der Waals surface area contributed by atoms with Crippen LogP contribution in [0, 0.1) is 11.3 Å². The molecule has 2 aromatic rings. The maximum Gasteiger partial charge on any atom is 0.253 e. The van der Waals surface area contributed by atoms with Crippen molar-refractivity contribution in [3.63, 3.8) is 0 Å². The van der Waals surface area contributed by atoms with Gasteiger partial charge in [-0.25, -0.2) is 4.98 Å². The van der Waals surface area contributed by atoms with Gasteiger partial charge in [0.2, 0.25) is 0 Å². The highest BCUT2D eigenvalue weighted by atomic mass is 16.2. The van der Waals surface area contributed by atoms with Gasteiger partial charge in [0, 0.05) is 43.7 Å². The first-order valence-electron chi connectivity index (χ1n) is 6.22. The van der Waals surface area contributed by atoms with E-state index in [-0.39, 0.29) is 11.6 Å². The molecule has 1 amide bonds. The van der Waals surface area contributed by atoms with Crippen LogP contribution in [0.1, 0.15) is 21.7 Å². The summed E-state index contributed by atoms with van der Waals surface area (Å²) >= 11 is 0. The zero-order valence-electron chi connectivity index (χ0n) is 11.2. The van der Waals surface area contributed by atoms with Crippen molar-refractivity contribution >= 4 is 5.91 Å². The Morgan fingerprint density at radius 1 is 1.30 bits per heavy atom. The largest absolute Gasteiger partial charge is 0.341 e. The van der Waals surface area contributed by atoms with Crippen molar-refractivity contribution in [3.8, 4) is 6.07 Å². The van der Waals surface area contributed by atoms with Crippen LogP contribution in [0.2, 0.25) is 0 Å². The van der Waals surface area contributed by atoms with E-state index in [4.69, 9.17) is 5.26 Å². The molecule has 0 saturated carbocycles. The van der Waals surface area contributed by atoms with Crippen molar-refractivity contribution in [1.82, 2.24) is 14.9 Å². The predicted molar refractivity (Wildman–Crippen MR) is 73.9 cm³/mol. The molecule has 0 atom stereocenters. The van der Waals surface area contributed by atoms with Crippen molar-refractivity contribution in [3.05, 3.63) is 59.7 Å². The molecule has 2 rings (SSSR count). The van der Waals surface area contributed by atoms with Crippen molar-refractivity contribution in [2.24, 2.45) is 0 Å². The topological polar surface area (TPSA) is 69.9 Å². The third-order valence-corrected chi connectivity index (χ3v) is 2.90. The van der Waals surface area contributed by atoms with E-state index < -0.39 is 0 Å². The molecule has 5 heteroatoms. The van der Waals surface area contributed by atoms with Crippen LogP contribution in [-0.2, 0) is 6.42 Å². The smallest absolute Gasteiger partial charge is 0.253 e. The molecular weight excluding hydrogens is 252 g/mol. The molecule has 0 radical (unpaired) electrons. The summed E-state index contributed by atoms with van der Waals surface area (Å²) < 4.78 is 0. The minimum Gasteiger partial charge on any atom is -0.341 e. The molecule has 0 spiro atoms. The van der Waals surface area contributed by atoms with Gasteiger partial charge in [-0.15, -0.1) is 0 Å². The molecule has 0 fully saturated rings. The van der Waals surface area contributed by atoms with Crippen molar-refractivity contribution in [2.45, 2.75) is 6.42 Å². The maximum absolute atomic E-state index is 12.2. The van der Waals surface area contributed by atoms with Crippen molar-refractivity contribution < 1.29 is 4.79 Å². The predicted octanol–water partition coefficient (Wildman–Crippen LogP) is 1.66. The summed E-state index contributed by atoms with van der Waals surface area (Å²) in [5.41, 5.74) is 1.66. The second-order valence-electron chi connectivity index (χ2n) is 4.34. The molecule has 0 aliphatic carbocycles. The number of carbonyl (C=O) groups is 1. The van der Waals surface area contributed by atoms with E-state index in [1.807, 2.05) is 24.3 Å². The first-order valence-corrected chi connectivity index (χ1v) is 6.22. The quantitative estimate of drug-likeness (QED) is 0.844. The maximum atomic E-state index is 12.2. The Balaban J connectivity index is 2.00. The number of aromatic nitrogens is 2.